The number of nitrogens with one attached hydrogen (secondary N) is 1. The van der Waals surface area contributed by atoms with E-state index in [4.69, 9.17) is 4.74 Å². The minimum Gasteiger partial charge on any atom is -0.494 e. The van der Waals surface area contributed by atoms with Crippen LogP contribution in [-0.2, 0) is 12.8 Å². The van der Waals surface area contributed by atoms with Crippen LogP contribution in [0.5, 0.6) is 5.75 Å². The maximum absolute atomic E-state index is 5.70. The molecule has 1 atom stereocenters. The van der Waals surface area contributed by atoms with Crippen LogP contribution in [-0.4, -0.2) is 19.2 Å². The highest BCUT2D eigenvalue weighted by atomic mass is 16.5. The molecular weight excluding hydrogens is 210 g/mol. The highest BCUT2D eigenvalue weighted by Gasteiger charge is 2.20. The lowest BCUT2D eigenvalue weighted by atomic mass is 9.87. The van der Waals surface area contributed by atoms with Crippen molar-refractivity contribution in [3.63, 3.8) is 0 Å². The Balaban J connectivity index is 2.08. The fraction of sp³-hybridized carbons (Fsp3) is 0.600. The Morgan fingerprint density at radius 2 is 2.24 bits per heavy atom. The molecule has 0 saturated heterocycles. The van der Waals surface area contributed by atoms with E-state index in [0.29, 0.717) is 6.04 Å². The Bertz CT molecular complexity index is 362. The molecule has 0 aromatic heterocycles. The molecule has 0 radical (unpaired) electrons. The summed E-state index contributed by atoms with van der Waals surface area (Å²) in [5.41, 5.74) is 2.90. The van der Waals surface area contributed by atoms with Gasteiger partial charge < -0.3 is 10.1 Å². The van der Waals surface area contributed by atoms with Crippen LogP contribution < -0.4 is 10.1 Å². The predicted octanol–water partition coefficient (Wildman–Crippen LogP) is 2.94. The van der Waals surface area contributed by atoms with Gasteiger partial charge in [0.1, 0.15) is 5.75 Å². The average Bonchev–Trinajstić information content (AvgIpc) is 2.37. The Kier molecular flexibility index (Phi) is 4.43. The summed E-state index contributed by atoms with van der Waals surface area (Å²) in [6, 6.07) is 7.12. The monoisotopic (exact) mass is 233 g/mol. The third kappa shape index (κ3) is 3.01. The van der Waals surface area contributed by atoms with Crippen LogP contribution in [0.4, 0.5) is 0 Å². The van der Waals surface area contributed by atoms with Gasteiger partial charge in [-0.3, -0.25) is 0 Å². The quantitative estimate of drug-likeness (QED) is 0.844. The zero-order chi connectivity index (χ0) is 12.1. The van der Waals surface area contributed by atoms with Crippen LogP contribution in [0.1, 0.15) is 37.8 Å². The van der Waals surface area contributed by atoms with E-state index < -0.39 is 0 Å². The number of hydrogen-bond acceptors (Lipinski definition) is 2. The Labute approximate surface area is 104 Å². The van der Waals surface area contributed by atoms with E-state index in [1.807, 2.05) is 6.92 Å². The molecular formula is C15H23NO. The SMILES string of the molecule is CCCNC1CCc2c(cccc2OCC)C1. The smallest absolute Gasteiger partial charge is 0.122 e. The summed E-state index contributed by atoms with van der Waals surface area (Å²) < 4.78 is 5.70. The standard InChI is InChI=1S/C15H23NO/c1-3-10-16-13-8-9-14-12(11-13)6-5-7-15(14)17-4-2/h5-7,13,16H,3-4,8-11H2,1-2H3. The summed E-state index contributed by atoms with van der Waals surface area (Å²) in [5, 5.41) is 3.62. The van der Waals surface area contributed by atoms with Gasteiger partial charge >= 0.3 is 0 Å². The molecule has 0 saturated carbocycles. The minimum atomic E-state index is 0.652. The number of fused-ring (bicyclic) bond motifs is 1. The molecule has 1 aliphatic carbocycles. The van der Waals surface area contributed by atoms with Gasteiger partial charge in [0.25, 0.3) is 0 Å². The fourth-order valence-electron chi connectivity index (χ4n) is 2.59. The van der Waals surface area contributed by atoms with Crippen molar-refractivity contribution in [2.75, 3.05) is 13.2 Å². The first-order chi connectivity index (χ1) is 8.35. The molecule has 1 aliphatic rings. The molecule has 0 aliphatic heterocycles. The van der Waals surface area contributed by atoms with Gasteiger partial charge in [0.2, 0.25) is 0 Å². The van der Waals surface area contributed by atoms with E-state index in [0.717, 1.165) is 31.7 Å². The van der Waals surface area contributed by atoms with Crippen LogP contribution in [0.25, 0.3) is 0 Å². The van der Waals surface area contributed by atoms with Crippen LogP contribution in [0, 0.1) is 0 Å². The van der Waals surface area contributed by atoms with E-state index >= 15 is 0 Å². The lowest BCUT2D eigenvalue weighted by Crippen LogP contribution is -2.35. The molecule has 1 aromatic carbocycles. The highest BCUT2D eigenvalue weighted by Crippen LogP contribution is 2.29. The second-order valence-electron chi connectivity index (χ2n) is 4.72. The molecule has 1 N–H and O–H groups in total. The van der Waals surface area contributed by atoms with E-state index in [9.17, 15) is 0 Å². The van der Waals surface area contributed by atoms with Crippen LogP contribution in [0.3, 0.4) is 0 Å². The maximum atomic E-state index is 5.70. The van der Waals surface area contributed by atoms with Gasteiger partial charge in [0.15, 0.2) is 0 Å². The van der Waals surface area contributed by atoms with Crippen molar-refractivity contribution in [2.24, 2.45) is 0 Å². The molecule has 1 unspecified atom stereocenters. The maximum Gasteiger partial charge on any atom is 0.122 e. The molecule has 1 aromatic rings. The van der Waals surface area contributed by atoms with Gasteiger partial charge in [-0.2, -0.15) is 0 Å². The molecule has 2 rings (SSSR count). The normalized spacial score (nSPS) is 18.8. The molecule has 0 heterocycles. The molecule has 0 amide bonds. The van der Waals surface area contributed by atoms with Gasteiger partial charge in [-0.25, -0.2) is 0 Å². The summed E-state index contributed by atoms with van der Waals surface area (Å²) >= 11 is 0. The topological polar surface area (TPSA) is 21.3 Å². The molecule has 0 bridgehead atoms. The minimum absolute atomic E-state index is 0.652. The van der Waals surface area contributed by atoms with Crippen molar-refractivity contribution in [3.05, 3.63) is 29.3 Å². The molecule has 0 fully saturated rings. The van der Waals surface area contributed by atoms with Crippen molar-refractivity contribution in [1.29, 1.82) is 0 Å². The molecule has 0 spiro atoms. The van der Waals surface area contributed by atoms with Crippen molar-refractivity contribution in [3.8, 4) is 5.75 Å². The van der Waals surface area contributed by atoms with Crippen LogP contribution in [0.2, 0.25) is 0 Å². The zero-order valence-corrected chi connectivity index (χ0v) is 11.0. The van der Waals surface area contributed by atoms with Gasteiger partial charge in [-0.05, 0) is 56.3 Å². The first-order valence-electron chi connectivity index (χ1n) is 6.82. The second kappa shape index (κ2) is 6.06. The van der Waals surface area contributed by atoms with Gasteiger partial charge in [-0.1, -0.05) is 19.1 Å². The largest absolute Gasteiger partial charge is 0.494 e. The van der Waals surface area contributed by atoms with E-state index in [1.54, 1.807) is 0 Å². The van der Waals surface area contributed by atoms with Crippen molar-refractivity contribution in [2.45, 2.75) is 45.6 Å². The third-order valence-electron chi connectivity index (χ3n) is 3.42. The molecule has 17 heavy (non-hydrogen) atoms. The predicted molar refractivity (Wildman–Crippen MR) is 71.7 cm³/mol. The van der Waals surface area contributed by atoms with E-state index in [2.05, 4.69) is 30.4 Å². The summed E-state index contributed by atoms with van der Waals surface area (Å²) in [6.45, 7) is 6.16. The van der Waals surface area contributed by atoms with Gasteiger partial charge in [0, 0.05) is 6.04 Å². The average molecular weight is 233 g/mol. The number of hydrogen-bond donors (Lipinski definition) is 1. The second-order valence-corrected chi connectivity index (χ2v) is 4.72. The summed E-state index contributed by atoms with van der Waals surface area (Å²) in [7, 11) is 0. The van der Waals surface area contributed by atoms with Crippen molar-refractivity contribution in [1.82, 2.24) is 5.32 Å². The third-order valence-corrected chi connectivity index (χ3v) is 3.42. The van der Waals surface area contributed by atoms with Gasteiger partial charge in [0.05, 0.1) is 6.61 Å². The number of ether oxygens (including phenoxy) is 1. The first-order valence-corrected chi connectivity index (χ1v) is 6.82. The molecule has 2 heteroatoms. The zero-order valence-electron chi connectivity index (χ0n) is 11.0. The first kappa shape index (κ1) is 12.4. The highest BCUT2D eigenvalue weighted by molar-refractivity contribution is 5.42. The van der Waals surface area contributed by atoms with Crippen molar-refractivity contribution < 1.29 is 4.74 Å². The Hall–Kier alpha value is -1.02. The van der Waals surface area contributed by atoms with E-state index in [-0.39, 0.29) is 0 Å². The molecule has 94 valence electrons. The van der Waals surface area contributed by atoms with Crippen molar-refractivity contribution >= 4 is 0 Å². The number of benzene rings is 1. The van der Waals surface area contributed by atoms with Gasteiger partial charge in [-0.15, -0.1) is 0 Å². The Morgan fingerprint density at radius 3 is 3.00 bits per heavy atom. The number of rotatable bonds is 5. The molecule has 2 nitrogen and oxygen atoms in total. The summed E-state index contributed by atoms with van der Waals surface area (Å²) in [6.07, 6.45) is 4.74. The lowest BCUT2D eigenvalue weighted by molar-refractivity contribution is 0.332. The summed E-state index contributed by atoms with van der Waals surface area (Å²) in [5.74, 6) is 1.10. The fourth-order valence-corrected chi connectivity index (χ4v) is 2.59. The van der Waals surface area contributed by atoms with Crippen LogP contribution >= 0.6 is 0 Å². The Morgan fingerprint density at radius 1 is 1.35 bits per heavy atom. The van der Waals surface area contributed by atoms with Crippen LogP contribution in [0.15, 0.2) is 18.2 Å². The lowest BCUT2D eigenvalue weighted by Gasteiger charge is -2.27. The van der Waals surface area contributed by atoms with E-state index in [1.165, 1.54) is 24.0 Å². The summed E-state index contributed by atoms with van der Waals surface area (Å²) in [4.78, 5) is 0.